The van der Waals surface area contributed by atoms with Crippen LogP contribution in [-0.4, -0.2) is 19.8 Å². The molecule has 1 aromatic carbocycles. The van der Waals surface area contributed by atoms with E-state index < -0.39 is 55.4 Å². The summed E-state index contributed by atoms with van der Waals surface area (Å²) in [5, 5.41) is 23.4. The second kappa shape index (κ2) is 6.82. The minimum absolute atomic E-state index is 0.0665. The van der Waals surface area contributed by atoms with Crippen LogP contribution >= 0.6 is 11.6 Å². The molecule has 9 nitrogen and oxygen atoms in total. The molecule has 0 amide bonds. The van der Waals surface area contributed by atoms with E-state index in [0.717, 1.165) is 0 Å². The van der Waals surface area contributed by atoms with Crippen LogP contribution in [0, 0.1) is 26.2 Å². The van der Waals surface area contributed by atoms with Crippen molar-refractivity contribution in [3.63, 3.8) is 0 Å². The summed E-state index contributed by atoms with van der Waals surface area (Å²) in [4.78, 5) is 27.5. The first-order valence-corrected chi connectivity index (χ1v) is 7.90. The number of halogens is 5. The summed E-state index contributed by atoms with van der Waals surface area (Å²) in [6.45, 7) is 0. The molecule has 3 rings (SSSR count). The van der Waals surface area contributed by atoms with Crippen LogP contribution in [0.25, 0.3) is 0 Å². The van der Waals surface area contributed by atoms with Gasteiger partial charge in [-0.05, 0) is 12.8 Å². The Balaban J connectivity index is 2.21. The van der Waals surface area contributed by atoms with Crippen LogP contribution in [0.1, 0.15) is 30.1 Å². The molecule has 14 heteroatoms. The van der Waals surface area contributed by atoms with Gasteiger partial charge in [0.05, 0.1) is 15.4 Å². The number of nitrogens with one attached hydrogen (secondary N) is 1. The number of alkyl halides is 3. The summed E-state index contributed by atoms with van der Waals surface area (Å²) in [6.07, 6.45) is -3.80. The highest BCUT2D eigenvalue weighted by Crippen LogP contribution is 2.48. The lowest BCUT2D eigenvalue weighted by Gasteiger charge is -2.13. The van der Waals surface area contributed by atoms with Crippen LogP contribution in [0.2, 0.25) is 5.02 Å². The summed E-state index contributed by atoms with van der Waals surface area (Å²) in [7, 11) is 0. The van der Waals surface area contributed by atoms with Gasteiger partial charge in [0.1, 0.15) is 16.7 Å². The molecule has 1 fully saturated rings. The standard InChI is InChI=1S/C14H8ClF4N5O4/c15-10-6(14(17,18)19)3-7(23(25)26)11(12(10)24(27)28)21-9-4-8(16)20-13(22-9)5-1-2-5/h3-5H,1-2H2,(H,20,21,22). The van der Waals surface area contributed by atoms with E-state index in [4.69, 9.17) is 11.6 Å². The van der Waals surface area contributed by atoms with E-state index >= 15 is 0 Å². The molecule has 2 aromatic rings. The normalized spacial score (nSPS) is 14.0. The number of benzene rings is 1. The topological polar surface area (TPSA) is 124 Å². The molecule has 0 aliphatic heterocycles. The van der Waals surface area contributed by atoms with Crippen LogP contribution in [0.3, 0.4) is 0 Å². The van der Waals surface area contributed by atoms with E-state index in [-0.39, 0.29) is 17.8 Å². The molecule has 0 atom stereocenters. The third kappa shape index (κ3) is 3.78. The van der Waals surface area contributed by atoms with E-state index in [1.165, 1.54) is 0 Å². The number of nitro groups is 2. The Hall–Kier alpha value is -3.09. The SMILES string of the molecule is O=[N+]([O-])c1cc(C(F)(F)F)c(Cl)c([N+](=O)[O-])c1Nc1cc(F)nc(C2CC2)n1. The molecule has 0 spiro atoms. The molecule has 148 valence electrons. The average Bonchev–Trinajstić information content (AvgIpc) is 3.37. The first-order valence-electron chi connectivity index (χ1n) is 7.53. The lowest BCUT2D eigenvalue weighted by atomic mass is 10.1. The fraction of sp³-hybridized carbons (Fsp3) is 0.286. The number of anilines is 2. The number of nitro benzene ring substituents is 2. The molecule has 1 heterocycles. The fourth-order valence-corrected chi connectivity index (χ4v) is 2.75. The van der Waals surface area contributed by atoms with E-state index in [0.29, 0.717) is 18.9 Å². The van der Waals surface area contributed by atoms with Gasteiger partial charge >= 0.3 is 17.6 Å². The van der Waals surface area contributed by atoms with Crippen LogP contribution in [-0.2, 0) is 6.18 Å². The van der Waals surface area contributed by atoms with Crippen molar-refractivity contribution in [1.29, 1.82) is 0 Å². The van der Waals surface area contributed by atoms with E-state index in [9.17, 15) is 37.8 Å². The number of nitrogens with zero attached hydrogens (tertiary/aromatic N) is 4. The van der Waals surface area contributed by atoms with Crippen LogP contribution in [0.4, 0.5) is 40.4 Å². The van der Waals surface area contributed by atoms with Gasteiger partial charge in [-0.15, -0.1) is 0 Å². The highest BCUT2D eigenvalue weighted by molar-refractivity contribution is 6.34. The van der Waals surface area contributed by atoms with Crippen molar-refractivity contribution in [2.45, 2.75) is 24.9 Å². The van der Waals surface area contributed by atoms with Crippen molar-refractivity contribution in [3.8, 4) is 0 Å². The second-order valence-corrected chi connectivity index (χ2v) is 6.20. The Bertz CT molecular complexity index is 997. The first-order chi connectivity index (χ1) is 13.0. The smallest absolute Gasteiger partial charge is 0.329 e. The van der Waals surface area contributed by atoms with Gasteiger partial charge in [0.15, 0.2) is 5.69 Å². The highest BCUT2D eigenvalue weighted by atomic mass is 35.5. The number of hydrogen-bond donors (Lipinski definition) is 1. The van der Waals surface area contributed by atoms with Gasteiger partial charge in [-0.2, -0.15) is 17.6 Å². The first kappa shape index (κ1) is 19.7. The average molecular weight is 422 g/mol. The maximum absolute atomic E-state index is 13.7. The number of rotatable bonds is 5. The molecule has 0 saturated heterocycles. The minimum atomic E-state index is -5.18. The molecular weight excluding hydrogens is 414 g/mol. The highest BCUT2D eigenvalue weighted by Gasteiger charge is 2.42. The van der Waals surface area contributed by atoms with Gasteiger partial charge < -0.3 is 5.32 Å². The Morgan fingerprint density at radius 3 is 2.29 bits per heavy atom. The maximum atomic E-state index is 13.7. The van der Waals surface area contributed by atoms with Crippen molar-refractivity contribution in [3.05, 3.63) is 54.7 Å². The van der Waals surface area contributed by atoms with Gasteiger partial charge in [0, 0.05) is 18.1 Å². The van der Waals surface area contributed by atoms with Crippen LogP contribution < -0.4 is 5.32 Å². The molecule has 1 aliphatic carbocycles. The summed E-state index contributed by atoms with van der Waals surface area (Å²) in [6, 6.07) is 0.766. The van der Waals surface area contributed by atoms with Crippen molar-refractivity contribution in [1.82, 2.24) is 9.97 Å². The lowest BCUT2D eigenvalue weighted by Crippen LogP contribution is -2.11. The van der Waals surface area contributed by atoms with Gasteiger partial charge in [-0.1, -0.05) is 11.6 Å². The zero-order chi connectivity index (χ0) is 20.8. The van der Waals surface area contributed by atoms with Gasteiger partial charge in [-0.3, -0.25) is 20.2 Å². The summed E-state index contributed by atoms with van der Waals surface area (Å²) >= 11 is 5.53. The van der Waals surface area contributed by atoms with E-state index in [1.807, 2.05) is 0 Å². The summed E-state index contributed by atoms with van der Waals surface area (Å²) < 4.78 is 52.9. The van der Waals surface area contributed by atoms with Crippen molar-refractivity contribution < 1.29 is 27.4 Å². The largest absolute Gasteiger partial charge is 0.418 e. The second-order valence-electron chi connectivity index (χ2n) is 5.83. The van der Waals surface area contributed by atoms with Crippen molar-refractivity contribution in [2.75, 3.05) is 5.32 Å². The van der Waals surface area contributed by atoms with Gasteiger partial charge in [-0.25, -0.2) is 9.97 Å². The van der Waals surface area contributed by atoms with Crippen LogP contribution in [0.5, 0.6) is 0 Å². The molecule has 1 aromatic heterocycles. The third-order valence-electron chi connectivity index (χ3n) is 3.81. The quantitative estimate of drug-likeness (QED) is 0.320. The van der Waals surface area contributed by atoms with Crippen LogP contribution in [0.15, 0.2) is 12.1 Å². The Labute approximate surface area is 157 Å². The number of hydrogen-bond acceptors (Lipinski definition) is 7. The monoisotopic (exact) mass is 421 g/mol. The third-order valence-corrected chi connectivity index (χ3v) is 4.19. The van der Waals surface area contributed by atoms with E-state index in [2.05, 4.69) is 15.3 Å². The predicted octanol–water partition coefficient (Wildman–Crippen LogP) is 4.73. The Morgan fingerprint density at radius 1 is 1.14 bits per heavy atom. The van der Waals surface area contributed by atoms with E-state index in [1.54, 1.807) is 0 Å². The molecule has 0 bridgehead atoms. The zero-order valence-electron chi connectivity index (χ0n) is 13.5. The maximum Gasteiger partial charge on any atom is 0.418 e. The van der Waals surface area contributed by atoms with Gasteiger partial charge in [0.2, 0.25) is 5.95 Å². The molecule has 0 radical (unpaired) electrons. The molecule has 1 aliphatic rings. The zero-order valence-corrected chi connectivity index (χ0v) is 14.2. The number of aromatic nitrogens is 2. The summed E-state index contributed by atoms with van der Waals surface area (Å²) in [5.41, 5.74) is -5.34. The fourth-order valence-electron chi connectivity index (χ4n) is 2.43. The molecule has 1 saturated carbocycles. The Morgan fingerprint density at radius 2 is 1.79 bits per heavy atom. The predicted molar refractivity (Wildman–Crippen MR) is 87.0 cm³/mol. The molecule has 28 heavy (non-hydrogen) atoms. The molecule has 1 N–H and O–H groups in total. The minimum Gasteiger partial charge on any atom is -0.329 e. The van der Waals surface area contributed by atoms with Crippen molar-refractivity contribution in [2.24, 2.45) is 0 Å². The molecule has 0 unspecified atom stereocenters. The molecular formula is C14H8ClF4N5O4. The lowest BCUT2D eigenvalue weighted by molar-refractivity contribution is -0.392. The van der Waals surface area contributed by atoms with Gasteiger partial charge in [0.25, 0.3) is 0 Å². The summed E-state index contributed by atoms with van der Waals surface area (Å²) in [5.74, 6) is -1.46. The van der Waals surface area contributed by atoms with Crippen molar-refractivity contribution >= 4 is 34.5 Å². The Kier molecular flexibility index (Phi) is 4.79.